The molecule has 0 saturated heterocycles. The Hall–Kier alpha value is -3.02. The van der Waals surface area contributed by atoms with Crippen molar-refractivity contribution in [1.82, 2.24) is 4.98 Å². The molecule has 0 bridgehead atoms. The zero-order valence-electron chi connectivity index (χ0n) is 12.7. The summed E-state index contributed by atoms with van der Waals surface area (Å²) in [6.07, 6.45) is 0.486. The number of halogens is 2. The van der Waals surface area contributed by atoms with Crippen LogP contribution in [-0.2, 0) is 4.74 Å². The van der Waals surface area contributed by atoms with Gasteiger partial charge in [0.05, 0.1) is 5.56 Å². The van der Waals surface area contributed by atoms with Gasteiger partial charge in [0, 0.05) is 22.7 Å². The first-order chi connectivity index (χ1) is 11.5. The number of Topliss-reactive ketones (excluding diaryl/α,β-unsaturated/α-hetero) is 1. The van der Waals surface area contributed by atoms with Gasteiger partial charge >= 0.3 is 5.97 Å². The Labute approximate surface area is 136 Å². The van der Waals surface area contributed by atoms with Crippen molar-refractivity contribution in [3.05, 3.63) is 71.4 Å². The SMILES string of the molecule is C[C@H](OC(=O)c1ccc(F)c(F)c1)C(=O)c1c[nH]c2ccccc12. The van der Waals surface area contributed by atoms with Gasteiger partial charge in [-0.3, -0.25) is 4.79 Å². The number of rotatable bonds is 4. The van der Waals surface area contributed by atoms with E-state index in [1.165, 1.54) is 6.92 Å². The molecule has 24 heavy (non-hydrogen) atoms. The van der Waals surface area contributed by atoms with Gasteiger partial charge in [-0.1, -0.05) is 18.2 Å². The molecule has 0 aliphatic heterocycles. The van der Waals surface area contributed by atoms with Gasteiger partial charge < -0.3 is 9.72 Å². The van der Waals surface area contributed by atoms with Crippen LogP contribution >= 0.6 is 0 Å². The van der Waals surface area contributed by atoms with Crippen molar-refractivity contribution >= 4 is 22.7 Å². The Kier molecular flexibility index (Phi) is 4.12. The average molecular weight is 329 g/mol. The fraction of sp³-hybridized carbons (Fsp3) is 0.111. The number of ether oxygens (including phenoxy) is 1. The maximum Gasteiger partial charge on any atom is 0.338 e. The molecule has 0 amide bonds. The monoisotopic (exact) mass is 329 g/mol. The molecule has 122 valence electrons. The minimum atomic E-state index is -1.15. The van der Waals surface area contributed by atoms with Crippen LogP contribution in [0, 0.1) is 11.6 Å². The number of benzene rings is 2. The zero-order valence-corrected chi connectivity index (χ0v) is 12.7. The van der Waals surface area contributed by atoms with Crippen molar-refractivity contribution in [3.8, 4) is 0 Å². The van der Waals surface area contributed by atoms with Gasteiger partial charge in [-0.15, -0.1) is 0 Å². The molecule has 0 radical (unpaired) electrons. The van der Waals surface area contributed by atoms with Gasteiger partial charge in [0.2, 0.25) is 5.78 Å². The summed E-state index contributed by atoms with van der Waals surface area (Å²) in [6, 6.07) is 9.90. The quantitative estimate of drug-likeness (QED) is 0.584. The maximum atomic E-state index is 13.2. The molecule has 0 spiro atoms. The van der Waals surface area contributed by atoms with Gasteiger partial charge in [-0.2, -0.15) is 0 Å². The maximum absolute atomic E-state index is 13.2. The van der Waals surface area contributed by atoms with Crippen molar-refractivity contribution in [1.29, 1.82) is 0 Å². The number of ketones is 1. The molecule has 1 atom stereocenters. The van der Waals surface area contributed by atoms with Crippen LogP contribution in [0.4, 0.5) is 8.78 Å². The molecule has 0 aliphatic rings. The predicted octanol–water partition coefficient (Wildman–Crippen LogP) is 3.87. The summed E-state index contributed by atoms with van der Waals surface area (Å²) in [5.74, 6) is -3.49. The molecule has 3 rings (SSSR count). The van der Waals surface area contributed by atoms with Crippen LogP contribution in [0.25, 0.3) is 10.9 Å². The number of hydrogen-bond acceptors (Lipinski definition) is 3. The summed E-state index contributed by atoms with van der Waals surface area (Å²) in [6.45, 7) is 1.43. The lowest BCUT2D eigenvalue weighted by Gasteiger charge is -2.12. The molecule has 1 N–H and O–H groups in total. The Morgan fingerprint density at radius 1 is 1.08 bits per heavy atom. The first-order valence-electron chi connectivity index (χ1n) is 7.23. The summed E-state index contributed by atoms with van der Waals surface area (Å²) in [4.78, 5) is 27.4. The van der Waals surface area contributed by atoms with Crippen LogP contribution in [0.5, 0.6) is 0 Å². The molecular formula is C18H13F2NO3. The molecule has 0 fully saturated rings. The van der Waals surface area contributed by atoms with Gasteiger partial charge in [-0.05, 0) is 31.2 Å². The van der Waals surface area contributed by atoms with E-state index in [2.05, 4.69) is 4.98 Å². The van der Waals surface area contributed by atoms with Crippen molar-refractivity contribution in [2.45, 2.75) is 13.0 Å². The second-order valence-corrected chi connectivity index (χ2v) is 5.29. The first-order valence-corrected chi connectivity index (χ1v) is 7.23. The van der Waals surface area contributed by atoms with E-state index in [0.717, 1.165) is 29.1 Å². The second kappa shape index (κ2) is 6.23. The molecule has 0 saturated carbocycles. The van der Waals surface area contributed by atoms with Crippen molar-refractivity contribution in [2.24, 2.45) is 0 Å². The number of esters is 1. The van der Waals surface area contributed by atoms with Crippen molar-refractivity contribution in [2.75, 3.05) is 0 Å². The highest BCUT2D eigenvalue weighted by Crippen LogP contribution is 2.20. The number of hydrogen-bond donors (Lipinski definition) is 1. The number of carbonyl (C=O) groups excluding carboxylic acids is 2. The molecule has 3 aromatic rings. The van der Waals surface area contributed by atoms with Gasteiger partial charge in [-0.25, -0.2) is 13.6 Å². The molecule has 4 nitrogen and oxygen atoms in total. The third kappa shape index (κ3) is 2.90. The number of H-pyrrole nitrogens is 1. The van der Waals surface area contributed by atoms with E-state index in [-0.39, 0.29) is 11.3 Å². The fourth-order valence-corrected chi connectivity index (χ4v) is 2.40. The summed E-state index contributed by atoms with van der Waals surface area (Å²) in [5.41, 5.74) is 1.03. The van der Waals surface area contributed by atoms with E-state index in [1.54, 1.807) is 18.3 Å². The molecule has 1 heterocycles. The fourth-order valence-electron chi connectivity index (χ4n) is 2.40. The third-order valence-corrected chi connectivity index (χ3v) is 3.66. The van der Waals surface area contributed by atoms with Gasteiger partial charge in [0.25, 0.3) is 0 Å². The molecule has 0 aliphatic carbocycles. The normalized spacial score (nSPS) is 12.1. The van der Waals surface area contributed by atoms with E-state index in [4.69, 9.17) is 4.74 Å². The van der Waals surface area contributed by atoms with E-state index >= 15 is 0 Å². The van der Waals surface area contributed by atoms with E-state index in [1.807, 2.05) is 12.1 Å². The highest BCUT2D eigenvalue weighted by molar-refractivity contribution is 6.10. The Balaban J connectivity index is 1.78. The highest BCUT2D eigenvalue weighted by atomic mass is 19.2. The van der Waals surface area contributed by atoms with Crippen molar-refractivity contribution < 1.29 is 23.1 Å². The van der Waals surface area contributed by atoms with Crippen LogP contribution in [0.15, 0.2) is 48.7 Å². The molecular weight excluding hydrogens is 316 g/mol. The standard InChI is InChI=1S/C18H13F2NO3/c1-10(24-18(23)11-6-7-14(19)15(20)8-11)17(22)13-9-21-16-5-3-2-4-12(13)16/h2-10,21H,1H3/t10-/m0/s1. The van der Waals surface area contributed by atoms with Crippen LogP contribution in [0.2, 0.25) is 0 Å². The minimum Gasteiger partial charge on any atom is -0.451 e. The van der Waals surface area contributed by atoms with Crippen LogP contribution in [0.3, 0.4) is 0 Å². The number of carbonyl (C=O) groups is 2. The second-order valence-electron chi connectivity index (χ2n) is 5.29. The summed E-state index contributed by atoms with van der Waals surface area (Å²) < 4.78 is 31.2. The minimum absolute atomic E-state index is 0.160. The summed E-state index contributed by atoms with van der Waals surface area (Å²) in [7, 11) is 0. The van der Waals surface area contributed by atoms with E-state index in [0.29, 0.717) is 5.56 Å². The van der Waals surface area contributed by atoms with Crippen LogP contribution in [0.1, 0.15) is 27.6 Å². The Morgan fingerprint density at radius 2 is 1.83 bits per heavy atom. The summed E-state index contributed by atoms with van der Waals surface area (Å²) >= 11 is 0. The summed E-state index contributed by atoms with van der Waals surface area (Å²) in [5, 5.41) is 0.721. The molecule has 0 unspecified atom stereocenters. The van der Waals surface area contributed by atoms with Gasteiger partial charge in [0.1, 0.15) is 0 Å². The van der Waals surface area contributed by atoms with Crippen LogP contribution in [-0.4, -0.2) is 22.8 Å². The van der Waals surface area contributed by atoms with E-state index in [9.17, 15) is 18.4 Å². The lowest BCUT2D eigenvalue weighted by molar-refractivity contribution is 0.0319. The highest BCUT2D eigenvalue weighted by Gasteiger charge is 2.23. The molecule has 6 heteroatoms. The lowest BCUT2D eigenvalue weighted by Crippen LogP contribution is -2.24. The Bertz CT molecular complexity index is 933. The third-order valence-electron chi connectivity index (χ3n) is 3.66. The largest absolute Gasteiger partial charge is 0.451 e. The average Bonchev–Trinajstić information content (AvgIpc) is 3.00. The first kappa shape index (κ1) is 15.9. The smallest absolute Gasteiger partial charge is 0.338 e. The lowest BCUT2D eigenvalue weighted by atomic mass is 10.1. The molecule has 1 aromatic heterocycles. The number of aromatic nitrogens is 1. The predicted molar refractivity (Wildman–Crippen MR) is 83.9 cm³/mol. The number of fused-ring (bicyclic) bond motifs is 1. The van der Waals surface area contributed by atoms with Gasteiger partial charge in [0.15, 0.2) is 17.7 Å². The zero-order chi connectivity index (χ0) is 17.3. The van der Waals surface area contributed by atoms with Crippen LogP contribution < -0.4 is 0 Å². The topological polar surface area (TPSA) is 59.2 Å². The molecule has 2 aromatic carbocycles. The van der Waals surface area contributed by atoms with Crippen molar-refractivity contribution in [3.63, 3.8) is 0 Å². The number of para-hydroxylation sites is 1. The van der Waals surface area contributed by atoms with E-state index < -0.39 is 23.7 Å². The number of aromatic amines is 1. The number of nitrogens with one attached hydrogen (secondary N) is 1. The Morgan fingerprint density at radius 3 is 2.58 bits per heavy atom.